The number of nitrogens with one attached hydrogen (secondary N) is 1. The summed E-state index contributed by atoms with van der Waals surface area (Å²) in [6.07, 6.45) is 13.3. The number of H-pyrrole nitrogens is 1. The first-order chi connectivity index (χ1) is 25.5. The number of hydrogen-bond donors (Lipinski definition) is 1. The number of aryl methyl sites for hydroxylation is 2. The number of imidazole rings is 2. The van der Waals surface area contributed by atoms with E-state index in [2.05, 4.69) is 58.7 Å². The number of pyridine rings is 4. The Morgan fingerprint density at radius 1 is 0.736 bits per heavy atom. The van der Waals surface area contributed by atoms with Crippen molar-refractivity contribution in [3.05, 3.63) is 132 Å². The van der Waals surface area contributed by atoms with Crippen molar-refractivity contribution in [3.8, 4) is 46.3 Å². The molecule has 0 saturated carbocycles. The highest BCUT2D eigenvalue weighted by Gasteiger charge is 2.35. The topological polar surface area (TPSA) is 132 Å². The van der Waals surface area contributed by atoms with Crippen LogP contribution in [0.4, 0.5) is 4.39 Å². The fraction of sp³-hybridized carbons (Fsp3) is 0.238. The second kappa shape index (κ2) is 14.2. The van der Waals surface area contributed by atoms with E-state index in [1.54, 1.807) is 59.9 Å². The summed E-state index contributed by atoms with van der Waals surface area (Å²) in [6, 6.07) is 17.5. The standard InChI is InChI=1S/C21H17FN4O.C21H18N4O/c1-21(2)10-9-16-15(19(21)27)7-5-14(24-16)6-8-17-25-18(20(22)26-17)13-4-3-11-23-12-13;1-21(2)9-7-18-17(20(21)26)6-5-16(24-18)8-11-25-13-19(23-14-25)15-4-3-10-22-12-15/h3-5,7,11-12H,9-10H2,1-2H3,(H,25,26);3-6,10,12-14H,7,9H2,1-2H3. The van der Waals surface area contributed by atoms with E-state index in [9.17, 15) is 14.0 Å². The van der Waals surface area contributed by atoms with Crippen molar-refractivity contribution in [2.24, 2.45) is 10.8 Å². The number of rotatable bonds is 2. The van der Waals surface area contributed by atoms with Crippen LogP contribution in [-0.2, 0) is 12.8 Å². The molecule has 6 heterocycles. The Morgan fingerprint density at radius 2 is 1.32 bits per heavy atom. The van der Waals surface area contributed by atoms with Gasteiger partial charge in [-0.05, 0) is 92.0 Å². The molecule has 6 aromatic rings. The summed E-state index contributed by atoms with van der Waals surface area (Å²) in [4.78, 5) is 53.1. The molecule has 0 radical (unpaired) electrons. The number of hydrogen-bond acceptors (Lipinski definition) is 8. The van der Waals surface area contributed by atoms with E-state index in [0.29, 0.717) is 22.5 Å². The molecular weight excluding hydrogens is 668 g/mol. The third-order valence-electron chi connectivity index (χ3n) is 9.41. The van der Waals surface area contributed by atoms with E-state index in [4.69, 9.17) is 0 Å². The van der Waals surface area contributed by atoms with E-state index in [1.807, 2.05) is 58.2 Å². The third kappa shape index (κ3) is 7.56. The van der Waals surface area contributed by atoms with Gasteiger partial charge in [-0.15, -0.1) is 0 Å². The zero-order valence-electron chi connectivity index (χ0n) is 29.7. The third-order valence-corrected chi connectivity index (χ3v) is 9.41. The summed E-state index contributed by atoms with van der Waals surface area (Å²) in [7, 11) is 0. The molecule has 6 aromatic heterocycles. The van der Waals surface area contributed by atoms with Gasteiger partial charge in [0.15, 0.2) is 17.4 Å². The molecular formula is C42H35FN8O2. The zero-order valence-corrected chi connectivity index (χ0v) is 29.7. The Bertz CT molecular complexity index is 2480. The minimum absolute atomic E-state index is 0.116. The zero-order chi connectivity index (χ0) is 37.2. The monoisotopic (exact) mass is 702 g/mol. The van der Waals surface area contributed by atoms with E-state index >= 15 is 0 Å². The summed E-state index contributed by atoms with van der Waals surface area (Å²) in [5.74, 6) is 8.61. The van der Waals surface area contributed by atoms with E-state index in [1.165, 1.54) is 0 Å². The maximum atomic E-state index is 14.1. The molecule has 2 aliphatic rings. The predicted octanol–water partition coefficient (Wildman–Crippen LogP) is 6.91. The Morgan fingerprint density at radius 3 is 1.91 bits per heavy atom. The van der Waals surface area contributed by atoms with Gasteiger partial charge in [0, 0.05) is 70.1 Å². The van der Waals surface area contributed by atoms with Crippen molar-refractivity contribution < 1.29 is 14.0 Å². The minimum Gasteiger partial charge on any atom is -0.329 e. The van der Waals surface area contributed by atoms with Crippen LogP contribution in [0.3, 0.4) is 0 Å². The lowest BCUT2D eigenvalue weighted by Crippen LogP contribution is -2.31. The van der Waals surface area contributed by atoms with E-state index < -0.39 is 5.95 Å². The Hall–Kier alpha value is -6.59. The van der Waals surface area contributed by atoms with E-state index in [0.717, 1.165) is 53.9 Å². The highest BCUT2D eigenvalue weighted by Crippen LogP contribution is 2.35. The molecule has 0 aromatic carbocycles. The fourth-order valence-corrected chi connectivity index (χ4v) is 6.16. The second-order valence-corrected chi connectivity index (χ2v) is 14.2. The first kappa shape index (κ1) is 34.8. The van der Waals surface area contributed by atoms with E-state index in [-0.39, 0.29) is 33.9 Å². The fourth-order valence-electron chi connectivity index (χ4n) is 6.16. The van der Waals surface area contributed by atoms with Gasteiger partial charge in [-0.25, -0.2) is 15.0 Å². The molecule has 1 N–H and O–H groups in total. The molecule has 0 saturated heterocycles. The highest BCUT2D eigenvalue weighted by atomic mass is 19.1. The van der Waals surface area contributed by atoms with Gasteiger partial charge < -0.3 is 4.98 Å². The molecule has 8 rings (SSSR count). The number of halogens is 1. The molecule has 11 heteroatoms. The molecule has 53 heavy (non-hydrogen) atoms. The first-order valence-corrected chi connectivity index (χ1v) is 17.2. The van der Waals surface area contributed by atoms with Crippen LogP contribution in [0.2, 0.25) is 0 Å². The number of aromatic nitrogens is 8. The quantitative estimate of drug-likeness (QED) is 0.193. The number of Topliss-reactive ketones (excluding diaryl/α,β-unsaturated/α-hetero) is 2. The van der Waals surface area contributed by atoms with Crippen molar-refractivity contribution in [1.82, 2.24) is 39.5 Å². The van der Waals surface area contributed by atoms with Crippen molar-refractivity contribution in [2.45, 2.75) is 53.4 Å². The average Bonchev–Trinajstić information content (AvgIpc) is 3.81. The maximum Gasteiger partial charge on any atom is 0.239 e. The molecule has 262 valence electrons. The summed E-state index contributed by atoms with van der Waals surface area (Å²) in [6.45, 7) is 7.89. The minimum atomic E-state index is -0.626. The van der Waals surface area contributed by atoms with Crippen molar-refractivity contribution in [1.29, 1.82) is 0 Å². The van der Waals surface area contributed by atoms with Gasteiger partial charge in [0.2, 0.25) is 5.95 Å². The predicted molar refractivity (Wildman–Crippen MR) is 197 cm³/mol. The van der Waals surface area contributed by atoms with Gasteiger partial charge in [0.1, 0.15) is 23.4 Å². The van der Waals surface area contributed by atoms with Crippen molar-refractivity contribution in [3.63, 3.8) is 0 Å². The maximum absolute atomic E-state index is 14.1. The van der Waals surface area contributed by atoms with Gasteiger partial charge in [-0.1, -0.05) is 27.7 Å². The van der Waals surface area contributed by atoms with Gasteiger partial charge in [-0.3, -0.25) is 24.1 Å². The smallest absolute Gasteiger partial charge is 0.239 e. The highest BCUT2D eigenvalue weighted by molar-refractivity contribution is 6.02. The van der Waals surface area contributed by atoms with Crippen LogP contribution in [0.5, 0.6) is 0 Å². The van der Waals surface area contributed by atoms with Crippen LogP contribution >= 0.6 is 0 Å². The van der Waals surface area contributed by atoms with Crippen LogP contribution in [0, 0.1) is 40.6 Å². The van der Waals surface area contributed by atoms with Crippen LogP contribution < -0.4 is 0 Å². The lowest BCUT2D eigenvalue weighted by Gasteiger charge is -2.28. The molecule has 0 unspecified atom stereocenters. The van der Waals surface area contributed by atoms with Gasteiger partial charge >= 0.3 is 0 Å². The van der Waals surface area contributed by atoms with Crippen LogP contribution in [0.1, 0.15) is 89.9 Å². The number of carbonyl (C=O) groups is 2. The molecule has 0 atom stereocenters. The SMILES string of the molecule is CC1(C)CCc2nc(C#Cc3nc(F)c(-c4cccnc4)[nH]3)ccc2C1=O.CC1(C)CCc2nc(C#Cn3cnc(-c4cccnc4)c3)ccc2C1=O. The number of nitrogens with zero attached hydrogens (tertiary/aromatic N) is 7. The Labute approximate surface area is 306 Å². The first-order valence-electron chi connectivity index (χ1n) is 17.2. The Kier molecular flexibility index (Phi) is 9.34. The molecule has 0 bridgehead atoms. The van der Waals surface area contributed by atoms with Crippen LogP contribution in [0.15, 0.2) is 85.8 Å². The van der Waals surface area contributed by atoms with Crippen LogP contribution in [-0.4, -0.2) is 51.0 Å². The lowest BCUT2D eigenvalue weighted by atomic mass is 9.75. The molecule has 0 spiro atoms. The summed E-state index contributed by atoms with van der Waals surface area (Å²) >= 11 is 0. The molecule has 0 aliphatic heterocycles. The number of carbonyl (C=O) groups excluding carboxylic acids is 2. The molecule has 10 nitrogen and oxygen atoms in total. The lowest BCUT2D eigenvalue weighted by molar-refractivity contribution is 0.0803. The van der Waals surface area contributed by atoms with Crippen molar-refractivity contribution in [2.75, 3.05) is 0 Å². The van der Waals surface area contributed by atoms with Gasteiger partial charge in [0.25, 0.3) is 0 Å². The number of ketones is 2. The largest absolute Gasteiger partial charge is 0.329 e. The summed E-state index contributed by atoms with van der Waals surface area (Å²) in [5.41, 5.74) is 6.16. The summed E-state index contributed by atoms with van der Waals surface area (Å²) < 4.78 is 15.8. The second-order valence-electron chi connectivity index (χ2n) is 14.2. The average molecular weight is 703 g/mol. The number of aromatic amines is 1. The van der Waals surface area contributed by atoms with Gasteiger partial charge in [0.05, 0.1) is 17.1 Å². The Balaban J connectivity index is 0.000000164. The molecule has 2 aliphatic carbocycles. The molecule has 0 amide bonds. The normalized spacial score (nSPS) is 15.0. The number of fused-ring (bicyclic) bond motifs is 2. The molecule has 0 fully saturated rings. The van der Waals surface area contributed by atoms with Crippen LogP contribution in [0.25, 0.3) is 22.5 Å². The summed E-state index contributed by atoms with van der Waals surface area (Å²) in [5, 5.41) is 0. The van der Waals surface area contributed by atoms with Gasteiger partial charge in [-0.2, -0.15) is 9.37 Å². The van der Waals surface area contributed by atoms with Crippen molar-refractivity contribution >= 4 is 11.6 Å².